The summed E-state index contributed by atoms with van der Waals surface area (Å²) in [5.74, 6) is -2.97. The van der Waals surface area contributed by atoms with E-state index >= 15 is 0 Å². The molecule has 1 heterocycles. The van der Waals surface area contributed by atoms with Crippen molar-refractivity contribution >= 4 is 11.9 Å². The molecule has 0 bridgehead atoms. The number of nitrogens with zero attached hydrogens (tertiary/aromatic N) is 1. The summed E-state index contributed by atoms with van der Waals surface area (Å²) < 4.78 is 58.9. The number of allylic oxidation sites excluding steroid dienone is 10. The molecule has 0 aliphatic rings. The lowest BCUT2D eigenvalue weighted by molar-refractivity contribution is -0.330. The summed E-state index contributed by atoms with van der Waals surface area (Å²) in [5, 5.41) is 0.944. The molecule has 37 heavy (non-hydrogen) atoms. The third kappa shape index (κ3) is 14.0. The van der Waals surface area contributed by atoms with Crippen LogP contribution in [-0.2, 0) is 9.53 Å². The van der Waals surface area contributed by atoms with E-state index in [1.54, 1.807) is 6.08 Å². The summed E-state index contributed by atoms with van der Waals surface area (Å²) in [6, 6.07) is -2.73. The summed E-state index contributed by atoms with van der Waals surface area (Å²) in [6.45, 7) is 2.10. The molecule has 5 nitrogen and oxygen atoms in total. The van der Waals surface area contributed by atoms with Gasteiger partial charge in [-0.3, -0.25) is 15.1 Å². The van der Waals surface area contributed by atoms with Crippen LogP contribution in [0.25, 0.3) is 0 Å². The minimum Gasteiger partial charge on any atom is -0.391 e. The van der Waals surface area contributed by atoms with Crippen LogP contribution in [0.5, 0.6) is 0 Å². The fraction of sp³-hybridized carbons (Fsp3) is 0.393. The molecule has 0 saturated carbocycles. The number of pyridine rings is 1. The highest BCUT2D eigenvalue weighted by Crippen LogP contribution is 2.34. The maximum absolute atomic E-state index is 13.8. The first-order chi connectivity index (χ1) is 17.7. The molecule has 1 N–H and O–H groups in total. The maximum Gasteiger partial charge on any atom is 0.488 e. The molecule has 0 unspecified atom stereocenters. The number of nitrogens with one attached hydrogen (secondary N) is 1. The fourth-order valence-electron chi connectivity index (χ4n) is 2.78. The first-order valence-electron chi connectivity index (χ1n) is 12.1. The molecule has 0 aliphatic carbocycles. The normalized spacial score (nSPS) is 13.0. The molecule has 9 heteroatoms. The number of alkyl halides is 4. The number of halogens is 4. The van der Waals surface area contributed by atoms with Gasteiger partial charge in [0.2, 0.25) is 5.91 Å². The van der Waals surface area contributed by atoms with Gasteiger partial charge >= 0.3 is 18.1 Å². The van der Waals surface area contributed by atoms with Crippen molar-refractivity contribution in [2.24, 2.45) is 0 Å². The van der Waals surface area contributed by atoms with E-state index in [0.717, 1.165) is 43.3 Å². The van der Waals surface area contributed by atoms with E-state index in [9.17, 15) is 27.2 Å². The number of hydrogen-bond acceptors (Lipinski definition) is 4. The smallest absolute Gasteiger partial charge is 0.391 e. The molecule has 1 aromatic rings. The van der Waals surface area contributed by atoms with Gasteiger partial charge in [-0.1, -0.05) is 67.7 Å². The molecule has 1 amide bonds. The lowest BCUT2D eigenvalue weighted by Gasteiger charge is -2.25. The van der Waals surface area contributed by atoms with E-state index in [1.807, 2.05) is 18.2 Å². The van der Waals surface area contributed by atoms with Gasteiger partial charge in [-0.05, 0) is 57.1 Å². The van der Waals surface area contributed by atoms with Crippen LogP contribution >= 0.6 is 0 Å². The van der Waals surface area contributed by atoms with Gasteiger partial charge in [-0.15, -0.1) is 0 Å². The molecular formula is C28H34F4N2O3. The van der Waals surface area contributed by atoms with Crippen LogP contribution in [0, 0.1) is 0 Å². The van der Waals surface area contributed by atoms with Crippen LogP contribution in [0.3, 0.4) is 0 Å². The summed E-state index contributed by atoms with van der Waals surface area (Å²) in [4.78, 5) is 26.9. The van der Waals surface area contributed by atoms with Crippen molar-refractivity contribution in [2.45, 2.75) is 70.4 Å². The SMILES string of the molecule is CCC=CCC=CCC=CCC=CCC=CCCCC(=O)NC(F)(F)C(F)(F)OC(=O)c1cccnc1. The van der Waals surface area contributed by atoms with Crippen molar-refractivity contribution in [1.29, 1.82) is 0 Å². The number of carbonyl (C=O) groups excluding carboxylic acids is 2. The molecule has 0 radical (unpaired) electrons. The molecular weight excluding hydrogens is 488 g/mol. The van der Waals surface area contributed by atoms with Crippen LogP contribution < -0.4 is 5.32 Å². The number of aromatic nitrogens is 1. The summed E-state index contributed by atoms with van der Waals surface area (Å²) in [7, 11) is 0. The Morgan fingerprint density at radius 2 is 1.43 bits per heavy atom. The predicted octanol–water partition coefficient (Wildman–Crippen LogP) is 7.46. The highest BCUT2D eigenvalue weighted by molar-refractivity contribution is 5.89. The average molecular weight is 523 g/mol. The van der Waals surface area contributed by atoms with Crippen molar-refractivity contribution in [3.63, 3.8) is 0 Å². The van der Waals surface area contributed by atoms with Gasteiger partial charge < -0.3 is 4.74 Å². The summed E-state index contributed by atoms with van der Waals surface area (Å²) in [6.07, 6.45) is 21.9. The lowest BCUT2D eigenvalue weighted by atomic mass is 10.2. The van der Waals surface area contributed by atoms with Crippen LogP contribution in [-0.4, -0.2) is 29.0 Å². The minimum absolute atomic E-state index is 0.188. The Hall–Kier alpha value is -3.49. The van der Waals surface area contributed by atoms with Crippen molar-refractivity contribution in [1.82, 2.24) is 10.3 Å². The van der Waals surface area contributed by atoms with Crippen LogP contribution in [0.2, 0.25) is 0 Å². The van der Waals surface area contributed by atoms with Crippen LogP contribution in [0.1, 0.15) is 68.6 Å². The van der Waals surface area contributed by atoms with Gasteiger partial charge in [0.15, 0.2) is 0 Å². The molecule has 1 rings (SSSR count). The van der Waals surface area contributed by atoms with Gasteiger partial charge in [0, 0.05) is 18.8 Å². The van der Waals surface area contributed by atoms with Gasteiger partial charge in [-0.2, -0.15) is 17.6 Å². The lowest BCUT2D eigenvalue weighted by Crippen LogP contribution is -2.56. The Bertz CT molecular complexity index is 955. The van der Waals surface area contributed by atoms with Crippen LogP contribution in [0.4, 0.5) is 17.6 Å². The van der Waals surface area contributed by atoms with Crippen molar-refractivity contribution in [3.05, 3.63) is 90.9 Å². The Labute approximate surface area is 215 Å². The zero-order chi connectivity index (χ0) is 27.4. The molecule has 0 aromatic carbocycles. The number of ether oxygens (including phenoxy) is 1. The monoisotopic (exact) mass is 522 g/mol. The number of hydrogen-bond donors (Lipinski definition) is 1. The number of rotatable bonds is 17. The van der Waals surface area contributed by atoms with Gasteiger partial charge in [0.1, 0.15) is 0 Å². The molecule has 202 valence electrons. The zero-order valence-electron chi connectivity index (χ0n) is 20.9. The van der Waals surface area contributed by atoms with Crippen molar-refractivity contribution in [2.75, 3.05) is 0 Å². The second kappa shape index (κ2) is 17.9. The quantitative estimate of drug-likeness (QED) is 0.0758. The molecule has 0 fully saturated rings. The Morgan fingerprint density at radius 3 is 1.95 bits per heavy atom. The Kier molecular flexibility index (Phi) is 15.2. The zero-order valence-corrected chi connectivity index (χ0v) is 20.9. The standard InChI is InChI=1S/C28H34F4N2O3/c1-2-3-4-5-6-7-8-9-10-11-12-13-14-15-16-17-18-21-25(35)34-27(29,30)28(31,32)37-26(36)24-20-19-22-33-23-24/h3-4,6-7,9-10,12-13,15-16,19-20,22-23H,2,5,8,11,14,17-18,21H2,1H3,(H,34,35). The molecule has 0 saturated heterocycles. The van der Waals surface area contributed by atoms with E-state index in [-0.39, 0.29) is 6.42 Å². The molecule has 1 aromatic heterocycles. The predicted molar refractivity (Wildman–Crippen MR) is 136 cm³/mol. The van der Waals surface area contributed by atoms with Crippen molar-refractivity contribution < 1.29 is 31.9 Å². The average Bonchev–Trinajstić information content (AvgIpc) is 2.85. The number of esters is 1. The molecule has 0 aliphatic heterocycles. The Balaban J connectivity index is 2.23. The number of amides is 1. The molecule has 0 atom stereocenters. The van der Waals surface area contributed by atoms with E-state index in [2.05, 4.69) is 53.1 Å². The van der Waals surface area contributed by atoms with E-state index in [4.69, 9.17) is 0 Å². The number of unbranched alkanes of at least 4 members (excludes halogenated alkanes) is 1. The van der Waals surface area contributed by atoms with E-state index in [1.165, 1.54) is 12.3 Å². The summed E-state index contributed by atoms with van der Waals surface area (Å²) >= 11 is 0. The number of carbonyl (C=O) groups is 2. The Morgan fingerprint density at radius 1 is 0.892 bits per heavy atom. The summed E-state index contributed by atoms with van der Waals surface area (Å²) in [5.41, 5.74) is -0.429. The van der Waals surface area contributed by atoms with Crippen molar-refractivity contribution in [3.8, 4) is 0 Å². The minimum atomic E-state index is -5.24. The van der Waals surface area contributed by atoms with Gasteiger partial charge in [0.25, 0.3) is 0 Å². The van der Waals surface area contributed by atoms with Gasteiger partial charge in [-0.25, -0.2) is 4.79 Å². The highest BCUT2D eigenvalue weighted by Gasteiger charge is 2.61. The third-order valence-corrected chi connectivity index (χ3v) is 4.71. The first-order valence-corrected chi connectivity index (χ1v) is 12.1. The second-order valence-corrected chi connectivity index (χ2v) is 7.87. The van der Waals surface area contributed by atoms with Gasteiger partial charge in [0.05, 0.1) is 5.56 Å². The molecule has 0 spiro atoms. The largest absolute Gasteiger partial charge is 0.488 e. The third-order valence-electron chi connectivity index (χ3n) is 4.71. The second-order valence-electron chi connectivity index (χ2n) is 7.87. The fourth-order valence-corrected chi connectivity index (χ4v) is 2.78. The van der Waals surface area contributed by atoms with E-state index in [0.29, 0.717) is 12.8 Å². The van der Waals surface area contributed by atoms with E-state index < -0.39 is 36.0 Å². The first kappa shape index (κ1) is 31.5. The van der Waals surface area contributed by atoms with Crippen LogP contribution in [0.15, 0.2) is 85.3 Å². The maximum atomic E-state index is 13.8. The highest BCUT2D eigenvalue weighted by atomic mass is 19.3. The topological polar surface area (TPSA) is 68.3 Å².